The fourth-order valence-corrected chi connectivity index (χ4v) is 3.66. The zero-order valence-electron chi connectivity index (χ0n) is 16.6. The number of methoxy groups -OCH3 is 2. The molecule has 2 heterocycles. The largest absolute Gasteiger partial charge is 0.466 e. The maximum atomic E-state index is 12.3. The molecule has 28 heavy (non-hydrogen) atoms. The Hall–Kier alpha value is -2.38. The van der Waals surface area contributed by atoms with Gasteiger partial charge in [0.15, 0.2) is 0 Å². The second-order valence-corrected chi connectivity index (χ2v) is 7.03. The Morgan fingerprint density at radius 1 is 1.00 bits per heavy atom. The van der Waals surface area contributed by atoms with Crippen LogP contribution in [0.4, 0.5) is 5.69 Å². The summed E-state index contributed by atoms with van der Waals surface area (Å²) in [6, 6.07) is 8.00. The molecule has 2 aliphatic rings. The average Bonchev–Trinajstić information content (AvgIpc) is 2.77. The highest BCUT2D eigenvalue weighted by molar-refractivity contribution is 6.03. The summed E-state index contributed by atoms with van der Waals surface area (Å²) in [6.07, 6.45) is 4.91. The molecule has 2 aliphatic heterocycles. The van der Waals surface area contributed by atoms with Crippen LogP contribution in [-0.2, 0) is 30.2 Å². The molecule has 0 bridgehead atoms. The lowest BCUT2D eigenvalue weighted by atomic mass is 10.1. The third-order valence-electron chi connectivity index (χ3n) is 5.25. The van der Waals surface area contributed by atoms with Crippen LogP contribution in [0.1, 0.15) is 24.8 Å². The van der Waals surface area contributed by atoms with Gasteiger partial charge in [-0.1, -0.05) is 18.6 Å². The number of nitrogens with zero attached hydrogens (tertiary/aromatic N) is 2. The van der Waals surface area contributed by atoms with Gasteiger partial charge in [0.2, 0.25) is 0 Å². The van der Waals surface area contributed by atoms with E-state index in [1.54, 1.807) is 4.90 Å². The molecule has 0 saturated carbocycles. The first kappa shape index (κ1) is 20.4. The van der Waals surface area contributed by atoms with E-state index >= 15 is 0 Å². The molecule has 0 spiro atoms. The van der Waals surface area contributed by atoms with E-state index < -0.39 is 11.9 Å². The molecule has 0 atom stereocenters. The number of rotatable bonds is 6. The molecular formula is C21H28N2O5. The highest BCUT2D eigenvalue weighted by Crippen LogP contribution is 2.27. The second kappa shape index (κ2) is 9.71. The van der Waals surface area contributed by atoms with E-state index in [-0.39, 0.29) is 24.6 Å². The monoisotopic (exact) mass is 388 g/mol. The van der Waals surface area contributed by atoms with Crippen molar-refractivity contribution >= 4 is 17.6 Å². The van der Waals surface area contributed by atoms with Crippen molar-refractivity contribution < 1.29 is 23.8 Å². The van der Waals surface area contributed by atoms with E-state index in [9.17, 15) is 9.59 Å². The normalized spacial score (nSPS) is 18.1. The summed E-state index contributed by atoms with van der Waals surface area (Å²) < 4.78 is 15.2. The van der Waals surface area contributed by atoms with Crippen LogP contribution in [0.3, 0.4) is 0 Å². The summed E-state index contributed by atoms with van der Waals surface area (Å²) in [4.78, 5) is 28.6. The third-order valence-corrected chi connectivity index (χ3v) is 5.25. The van der Waals surface area contributed by atoms with Crippen molar-refractivity contribution in [3.63, 3.8) is 0 Å². The van der Waals surface area contributed by atoms with Gasteiger partial charge in [-0.05, 0) is 50.0 Å². The van der Waals surface area contributed by atoms with Crippen LogP contribution in [0.15, 0.2) is 35.5 Å². The minimum Gasteiger partial charge on any atom is -0.466 e. The standard InChI is InChI=1S/C21H28N2O5/c1-26-20(24)18-14-28-15-23(19(18)21(25)27-2)17-8-6-16(7-9-17)10-13-22-11-4-3-5-12-22/h6-9H,3-5,10-15H2,1-2H3. The maximum Gasteiger partial charge on any atom is 0.355 e. The Morgan fingerprint density at radius 2 is 1.68 bits per heavy atom. The zero-order valence-corrected chi connectivity index (χ0v) is 16.6. The minimum atomic E-state index is -0.594. The molecule has 3 rings (SSSR count). The third kappa shape index (κ3) is 4.72. The first-order valence-corrected chi connectivity index (χ1v) is 9.70. The van der Waals surface area contributed by atoms with Gasteiger partial charge in [0, 0.05) is 12.2 Å². The van der Waals surface area contributed by atoms with Crippen molar-refractivity contribution in [3.8, 4) is 0 Å². The van der Waals surface area contributed by atoms with Gasteiger partial charge in [0.1, 0.15) is 12.4 Å². The van der Waals surface area contributed by atoms with E-state index in [1.807, 2.05) is 12.1 Å². The van der Waals surface area contributed by atoms with Crippen molar-refractivity contribution in [1.29, 1.82) is 0 Å². The van der Waals surface area contributed by atoms with E-state index in [0.29, 0.717) is 0 Å². The van der Waals surface area contributed by atoms with Gasteiger partial charge < -0.3 is 24.0 Å². The maximum absolute atomic E-state index is 12.3. The number of ether oxygens (including phenoxy) is 3. The van der Waals surface area contributed by atoms with Crippen LogP contribution in [-0.4, -0.2) is 64.0 Å². The Morgan fingerprint density at radius 3 is 2.32 bits per heavy atom. The lowest BCUT2D eigenvalue weighted by Crippen LogP contribution is -2.38. The van der Waals surface area contributed by atoms with Gasteiger partial charge in [-0.3, -0.25) is 0 Å². The predicted molar refractivity (Wildman–Crippen MR) is 105 cm³/mol. The van der Waals surface area contributed by atoms with Crippen LogP contribution in [0.5, 0.6) is 0 Å². The lowest BCUT2D eigenvalue weighted by Gasteiger charge is -2.31. The van der Waals surface area contributed by atoms with Crippen molar-refractivity contribution in [2.24, 2.45) is 0 Å². The minimum absolute atomic E-state index is 0.0154. The first-order valence-electron chi connectivity index (χ1n) is 9.70. The number of likely N-dealkylation sites (tertiary alicyclic amines) is 1. The van der Waals surface area contributed by atoms with Crippen molar-refractivity contribution in [3.05, 3.63) is 41.1 Å². The highest BCUT2D eigenvalue weighted by atomic mass is 16.5. The summed E-state index contributed by atoms with van der Waals surface area (Å²) in [5, 5.41) is 0. The van der Waals surface area contributed by atoms with Crippen molar-refractivity contribution in [2.75, 3.05) is 52.1 Å². The van der Waals surface area contributed by atoms with Gasteiger partial charge in [0.05, 0.1) is 26.4 Å². The summed E-state index contributed by atoms with van der Waals surface area (Å²) in [6.45, 7) is 3.62. The van der Waals surface area contributed by atoms with E-state index in [2.05, 4.69) is 17.0 Å². The average molecular weight is 388 g/mol. The van der Waals surface area contributed by atoms with Crippen LogP contribution in [0.2, 0.25) is 0 Å². The second-order valence-electron chi connectivity index (χ2n) is 7.03. The molecule has 7 nitrogen and oxygen atoms in total. The number of carbonyl (C=O) groups is 2. The fourth-order valence-electron chi connectivity index (χ4n) is 3.66. The molecule has 0 aromatic heterocycles. The fraction of sp³-hybridized carbons (Fsp3) is 0.524. The molecule has 0 N–H and O–H groups in total. The van der Waals surface area contributed by atoms with Gasteiger partial charge >= 0.3 is 11.9 Å². The van der Waals surface area contributed by atoms with Gasteiger partial charge in [-0.2, -0.15) is 0 Å². The number of hydrogen-bond donors (Lipinski definition) is 0. The number of esters is 2. The number of hydrogen-bond acceptors (Lipinski definition) is 7. The quantitative estimate of drug-likeness (QED) is 0.692. The van der Waals surface area contributed by atoms with Crippen molar-refractivity contribution in [1.82, 2.24) is 4.90 Å². The Balaban J connectivity index is 1.75. The Kier molecular flexibility index (Phi) is 7.06. The molecule has 0 aliphatic carbocycles. The predicted octanol–water partition coefficient (Wildman–Crippen LogP) is 2.11. The van der Waals surface area contributed by atoms with Crippen LogP contribution in [0.25, 0.3) is 0 Å². The molecule has 1 fully saturated rings. The molecule has 7 heteroatoms. The van der Waals surface area contributed by atoms with Crippen LogP contribution in [0, 0.1) is 0 Å². The first-order chi connectivity index (χ1) is 13.6. The van der Waals surface area contributed by atoms with Crippen LogP contribution >= 0.6 is 0 Å². The number of piperidine rings is 1. The molecule has 0 amide bonds. The molecule has 152 valence electrons. The smallest absolute Gasteiger partial charge is 0.355 e. The number of anilines is 1. The summed E-state index contributed by atoms with van der Waals surface area (Å²) >= 11 is 0. The number of carbonyl (C=O) groups excluding carboxylic acids is 2. The van der Waals surface area contributed by atoms with Crippen LogP contribution < -0.4 is 4.90 Å². The highest BCUT2D eigenvalue weighted by Gasteiger charge is 2.32. The van der Waals surface area contributed by atoms with E-state index in [1.165, 1.54) is 52.1 Å². The molecular weight excluding hydrogens is 360 g/mol. The molecule has 1 saturated heterocycles. The number of benzene rings is 1. The van der Waals surface area contributed by atoms with E-state index in [0.717, 1.165) is 18.7 Å². The van der Waals surface area contributed by atoms with Crippen molar-refractivity contribution in [2.45, 2.75) is 25.7 Å². The molecule has 0 radical (unpaired) electrons. The van der Waals surface area contributed by atoms with E-state index in [4.69, 9.17) is 14.2 Å². The molecule has 0 unspecified atom stereocenters. The van der Waals surface area contributed by atoms with Gasteiger partial charge in [-0.15, -0.1) is 0 Å². The lowest BCUT2D eigenvalue weighted by molar-refractivity contribution is -0.140. The molecule has 1 aromatic carbocycles. The summed E-state index contributed by atoms with van der Waals surface area (Å²) in [5.41, 5.74) is 2.34. The van der Waals surface area contributed by atoms with Gasteiger partial charge in [0.25, 0.3) is 0 Å². The SMILES string of the molecule is COC(=O)C1=C(C(=O)OC)N(c2ccc(CCN3CCCCC3)cc2)COC1. The zero-order chi connectivity index (χ0) is 19.9. The van der Waals surface area contributed by atoms with Gasteiger partial charge in [-0.25, -0.2) is 9.59 Å². The topological polar surface area (TPSA) is 68.3 Å². The summed E-state index contributed by atoms with van der Waals surface area (Å²) in [5.74, 6) is -1.18. The summed E-state index contributed by atoms with van der Waals surface area (Å²) in [7, 11) is 2.57. The Labute approximate surface area is 165 Å². The molecule has 1 aromatic rings. The Bertz CT molecular complexity index is 723.